The molecular formula is C16H23N3O3. The molecule has 0 radical (unpaired) electrons. The van der Waals surface area contributed by atoms with Gasteiger partial charge in [0.25, 0.3) is 5.69 Å². The Balaban J connectivity index is 2.05. The maximum atomic E-state index is 12.4. The van der Waals surface area contributed by atoms with E-state index in [0.29, 0.717) is 12.1 Å². The van der Waals surface area contributed by atoms with Gasteiger partial charge in [0.1, 0.15) is 0 Å². The molecule has 1 aliphatic heterocycles. The minimum Gasteiger partial charge on any atom is -0.351 e. The van der Waals surface area contributed by atoms with Crippen molar-refractivity contribution in [2.75, 3.05) is 6.54 Å². The molecule has 0 saturated carbocycles. The van der Waals surface area contributed by atoms with Gasteiger partial charge in [-0.3, -0.25) is 14.9 Å². The molecule has 1 amide bonds. The van der Waals surface area contributed by atoms with Gasteiger partial charge in [-0.15, -0.1) is 0 Å². The molecular weight excluding hydrogens is 282 g/mol. The first-order valence-electron chi connectivity index (χ1n) is 7.57. The van der Waals surface area contributed by atoms with E-state index in [1.807, 2.05) is 6.07 Å². The Bertz CT molecular complexity index is 584. The number of nitrogens with zero attached hydrogens (tertiary/aromatic N) is 1. The van der Waals surface area contributed by atoms with Crippen molar-refractivity contribution in [1.29, 1.82) is 0 Å². The van der Waals surface area contributed by atoms with E-state index in [9.17, 15) is 14.9 Å². The van der Waals surface area contributed by atoms with Crippen LogP contribution in [0, 0.1) is 22.5 Å². The second-order valence-electron chi connectivity index (χ2n) is 6.52. The van der Waals surface area contributed by atoms with Crippen molar-refractivity contribution in [1.82, 2.24) is 10.6 Å². The largest absolute Gasteiger partial charge is 0.351 e. The quantitative estimate of drug-likeness (QED) is 0.660. The number of amides is 1. The molecule has 6 nitrogen and oxygen atoms in total. The Morgan fingerprint density at radius 3 is 2.86 bits per heavy atom. The third-order valence-electron chi connectivity index (χ3n) is 4.46. The van der Waals surface area contributed by atoms with Crippen LogP contribution in [-0.2, 0) is 11.3 Å². The second-order valence-corrected chi connectivity index (χ2v) is 6.52. The fourth-order valence-corrected chi connectivity index (χ4v) is 3.00. The van der Waals surface area contributed by atoms with Crippen LogP contribution in [0.15, 0.2) is 18.2 Å². The first kappa shape index (κ1) is 16.4. The Hall–Kier alpha value is -1.95. The second kappa shape index (κ2) is 6.44. The first-order valence-corrected chi connectivity index (χ1v) is 7.57. The van der Waals surface area contributed by atoms with E-state index in [0.717, 1.165) is 24.9 Å². The number of carbonyl (C=O) groups is 1. The summed E-state index contributed by atoms with van der Waals surface area (Å²) >= 11 is 0. The summed E-state index contributed by atoms with van der Waals surface area (Å²) < 4.78 is 0. The summed E-state index contributed by atoms with van der Waals surface area (Å²) in [6, 6.07) is 4.71. The van der Waals surface area contributed by atoms with Crippen molar-refractivity contribution in [3.8, 4) is 0 Å². The van der Waals surface area contributed by atoms with Crippen molar-refractivity contribution in [3.05, 3.63) is 39.4 Å². The SMILES string of the molecule is Cc1c(CNC(=O)C2NCCCC2(C)C)cccc1[N+](=O)[O-]. The number of piperidine rings is 1. The third kappa shape index (κ3) is 3.44. The van der Waals surface area contributed by atoms with Gasteiger partial charge in [0.2, 0.25) is 5.91 Å². The molecule has 1 aliphatic rings. The lowest BCUT2D eigenvalue weighted by molar-refractivity contribution is -0.385. The van der Waals surface area contributed by atoms with Gasteiger partial charge in [0.15, 0.2) is 0 Å². The zero-order valence-electron chi connectivity index (χ0n) is 13.3. The zero-order valence-corrected chi connectivity index (χ0v) is 13.3. The minimum absolute atomic E-state index is 0.0457. The van der Waals surface area contributed by atoms with E-state index in [-0.39, 0.29) is 23.1 Å². The van der Waals surface area contributed by atoms with Crippen LogP contribution < -0.4 is 10.6 Å². The van der Waals surface area contributed by atoms with Crippen LogP contribution in [-0.4, -0.2) is 23.4 Å². The Morgan fingerprint density at radius 1 is 1.50 bits per heavy atom. The predicted molar refractivity (Wildman–Crippen MR) is 84.5 cm³/mol. The number of nitrogens with one attached hydrogen (secondary N) is 2. The molecule has 1 aromatic carbocycles. The molecule has 2 rings (SSSR count). The van der Waals surface area contributed by atoms with E-state index < -0.39 is 4.92 Å². The average Bonchev–Trinajstić information content (AvgIpc) is 2.45. The molecule has 1 unspecified atom stereocenters. The predicted octanol–water partition coefficient (Wildman–Crippen LogP) is 2.30. The summed E-state index contributed by atoms with van der Waals surface area (Å²) in [5.74, 6) is -0.0457. The van der Waals surface area contributed by atoms with Crippen LogP contribution in [0.2, 0.25) is 0 Å². The number of nitro benzene ring substituents is 1. The molecule has 2 N–H and O–H groups in total. The summed E-state index contributed by atoms with van der Waals surface area (Å²) in [5, 5.41) is 17.1. The van der Waals surface area contributed by atoms with Gasteiger partial charge in [0.05, 0.1) is 11.0 Å². The zero-order chi connectivity index (χ0) is 16.3. The van der Waals surface area contributed by atoms with E-state index in [1.54, 1.807) is 13.0 Å². The van der Waals surface area contributed by atoms with Crippen molar-refractivity contribution in [3.63, 3.8) is 0 Å². The number of carbonyl (C=O) groups excluding carboxylic acids is 1. The Morgan fingerprint density at radius 2 is 2.23 bits per heavy atom. The van der Waals surface area contributed by atoms with Gasteiger partial charge in [-0.1, -0.05) is 26.0 Å². The van der Waals surface area contributed by atoms with Crippen molar-refractivity contribution in [2.45, 2.75) is 46.2 Å². The first-order chi connectivity index (χ1) is 10.3. The lowest BCUT2D eigenvalue weighted by Gasteiger charge is -2.38. The monoisotopic (exact) mass is 305 g/mol. The average molecular weight is 305 g/mol. The van der Waals surface area contributed by atoms with Crippen LogP contribution in [0.4, 0.5) is 5.69 Å². The number of hydrogen-bond donors (Lipinski definition) is 2. The summed E-state index contributed by atoms with van der Waals surface area (Å²) in [5.41, 5.74) is 1.38. The van der Waals surface area contributed by atoms with E-state index in [2.05, 4.69) is 24.5 Å². The maximum Gasteiger partial charge on any atom is 0.272 e. The number of nitro groups is 1. The lowest BCUT2D eigenvalue weighted by Crippen LogP contribution is -2.55. The standard InChI is InChI=1S/C16H23N3O3/c1-11-12(6-4-7-13(11)19(21)22)10-18-15(20)14-16(2,3)8-5-9-17-14/h4,6-7,14,17H,5,8-10H2,1-3H3,(H,18,20). The highest BCUT2D eigenvalue weighted by atomic mass is 16.6. The molecule has 22 heavy (non-hydrogen) atoms. The topological polar surface area (TPSA) is 84.3 Å². The normalized spacial score (nSPS) is 20.4. The molecule has 0 aliphatic carbocycles. The molecule has 1 aromatic rings. The fraction of sp³-hybridized carbons (Fsp3) is 0.562. The summed E-state index contributed by atoms with van der Waals surface area (Å²) in [6.45, 7) is 7.03. The van der Waals surface area contributed by atoms with Crippen LogP contribution >= 0.6 is 0 Å². The van der Waals surface area contributed by atoms with Crippen molar-refractivity contribution < 1.29 is 9.72 Å². The molecule has 1 atom stereocenters. The minimum atomic E-state index is -0.396. The highest BCUT2D eigenvalue weighted by Gasteiger charge is 2.36. The molecule has 1 heterocycles. The van der Waals surface area contributed by atoms with Crippen molar-refractivity contribution >= 4 is 11.6 Å². The van der Waals surface area contributed by atoms with E-state index in [1.165, 1.54) is 6.07 Å². The third-order valence-corrected chi connectivity index (χ3v) is 4.46. The van der Waals surface area contributed by atoms with E-state index in [4.69, 9.17) is 0 Å². The number of hydrogen-bond acceptors (Lipinski definition) is 4. The Kier molecular flexibility index (Phi) is 4.81. The molecule has 0 aromatic heterocycles. The van der Waals surface area contributed by atoms with E-state index >= 15 is 0 Å². The molecule has 0 bridgehead atoms. The molecule has 6 heteroatoms. The van der Waals surface area contributed by atoms with Crippen LogP contribution in [0.1, 0.15) is 37.8 Å². The number of benzene rings is 1. The molecule has 0 spiro atoms. The highest BCUT2D eigenvalue weighted by molar-refractivity contribution is 5.82. The van der Waals surface area contributed by atoms with Gasteiger partial charge >= 0.3 is 0 Å². The molecule has 120 valence electrons. The van der Waals surface area contributed by atoms with Gasteiger partial charge in [-0.2, -0.15) is 0 Å². The van der Waals surface area contributed by atoms with Gasteiger partial charge < -0.3 is 10.6 Å². The Labute approximate surface area is 130 Å². The van der Waals surface area contributed by atoms with Crippen LogP contribution in [0.25, 0.3) is 0 Å². The summed E-state index contributed by atoms with van der Waals surface area (Å²) in [7, 11) is 0. The van der Waals surface area contributed by atoms with Gasteiger partial charge in [-0.25, -0.2) is 0 Å². The van der Waals surface area contributed by atoms with Crippen LogP contribution in [0.5, 0.6) is 0 Å². The molecule has 1 fully saturated rings. The maximum absolute atomic E-state index is 12.4. The van der Waals surface area contributed by atoms with Gasteiger partial charge in [-0.05, 0) is 37.3 Å². The molecule has 1 saturated heterocycles. The lowest BCUT2D eigenvalue weighted by atomic mass is 9.77. The summed E-state index contributed by atoms with van der Waals surface area (Å²) in [4.78, 5) is 23.0. The fourth-order valence-electron chi connectivity index (χ4n) is 3.00. The number of rotatable bonds is 4. The summed E-state index contributed by atoms with van der Waals surface area (Å²) in [6.07, 6.45) is 2.08. The highest BCUT2D eigenvalue weighted by Crippen LogP contribution is 2.30. The van der Waals surface area contributed by atoms with Crippen LogP contribution in [0.3, 0.4) is 0 Å². The smallest absolute Gasteiger partial charge is 0.272 e. The van der Waals surface area contributed by atoms with Crippen molar-refractivity contribution in [2.24, 2.45) is 5.41 Å². The van der Waals surface area contributed by atoms with Gasteiger partial charge in [0, 0.05) is 18.2 Å².